The van der Waals surface area contributed by atoms with Crippen molar-refractivity contribution < 1.29 is 23.1 Å². The standard InChI is InChI=1S/C21H15ClF3N3O2S/c1-11-19(31-16-6-12(20(29)30)5-13(7-16)21(23,24)25)17-4-3-14(22)8-18(17)28(11)15-9-26-27(2)10-15/h3-10H,1-2H3,(H,29,30). The van der Waals surface area contributed by atoms with Crippen molar-refractivity contribution in [3.05, 3.63) is 70.6 Å². The average Bonchev–Trinajstić information content (AvgIpc) is 3.21. The van der Waals surface area contributed by atoms with Crippen LogP contribution < -0.4 is 0 Å². The van der Waals surface area contributed by atoms with E-state index in [1.54, 1.807) is 36.1 Å². The van der Waals surface area contributed by atoms with Gasteiger partial charge in [0.05, 0.1) is 28.5 Å². The molecular weight excluding hydrogens is 451 g/mol. The van der Waals surface area contributed by atoms with Crippen LogP contribution >= 0.6 is 23.4 Å². The van der Waals surface area contributed by atoms with Gasteiger partial charge in [0.15, 0.2) is 0 Å². The molecule has 2 aromatic carbocycles. The zero-order valence-corrected chi connectivity index (χ0v) is 17.8. The summed E-state index contributed by atoms with van der Waals surface area (Å²) in [5, 5.41) is 14.8. The van der Waals surface area contributed by atoms with Crippen molar-refractivity contribution in [3.8, 4) is 5.69 Å². The highest BCUT2D eigenvalue weighted by atomic mass is 35.5. The van der Waals surface area contributed by atoms with Crippen LogP contribution in [-0.4, -0.2) is 25.4 Å². The lowest BCUT2D eigenvalue weighted by molar-refractivity contribution is -0.137. The molecule has 0 amide bonds. The molecule has 2 heterocycles. The number of carboxylic acids is 1. The highest BCUT2D eigenvalue weighted by Gasteiger charge is 2.32. The van der Waals surface area contributed by atoms with Crippen LogP contribution in [-0.2, 0) is 13.2 Å². The smallest absolute Gasteiger partial charge is 0.416 e. The van der Waals surface area contributed by atoms with Gasteiger partial charge in [0, 0.05) is 39.1 Å². The number of halogens is 4. The normalized spacial score (nSPS) is 11.9. The summed E-state index contributed by atoms with van der Waals surface area (Å²) in [6, 6.07) is 8.11. The zero-order chi connectivity index (χ0) is 22.5. The largest absolute Gasteiger partial charge is 0.478 e. The van der Waals surface area contributed by atoms with Crippen LogP contribution in [0.3, 0.4) is 0 Å². The fourth-order valence-corrected chi connectivity index (χ4v) is 4.70. The number of rotatable bonds is 4. The van der Waals surface area contributed by atoms with E-state index in [1.807, 2.05) is 17.7 Å². The fraction of sp³-hybridized carbons (Fsp3) is 0.143. The summed E-state index contributed by atoms with van der Waals surface area (Å²) in [6.07, 6.45) is -1.17. The number of aromatic nitrogens is 3. The van der Waals surface area contributed by atoms with Crippen molar-refractivity contribution in [1.82, 2.24) is 14.3 Å². The molecule has 10 heteroatoms. The zero-order valence-electron chi connectivity index (χ0n) is 16.2. The van der Waals surface area contributed by atoms with E-state index in [-0.39, 0.29) is 4.90 Å². The Bertz CT molecular complexity index is 1330. The number of aromatic carboxylic acids is 1. The number of aryl methyl sites for hydroxylation is 1. The third kappa shape index (κ3) is 4.03. The molecule has 4 aromatic rings. The van der Waals surface area contributed by atoms with E-state index >= 15 is 0 Å². The SMILES string of the molecule is Cc1c(Sc2cc(C(=O)O)cc(C(F)(F)F)c2)c2ccc(Cl)cc2n1-c1cnn(C)c1. The highest BCUT2D eigenvalue weighted by Crippen LogP contribution is 2.42. The van der Waals surface area contributed by atoms with Crippen molar-refractivity contribution in [3.63, 3.8) is 0 Å². The summed E-state index contributed by atoms with van der Waals surface area (Å²) in [6.45, 7) is 1.84. The maximum absolute atomic E-state index is 13.3. The van der Waals surface area contributed by atoms with Crippen LogP contribution in [0.4, 0.5) is 13.2 Å². The summed E-state index contributed by atoms with van der Waals surface area (Å²) in [7, 11) is 1.78. The minimum atomic E-state index is -4.66. The molecular formula is C21H15ClF3N3O2S. The summed E-state index contributed by atoms with van der Waals surface area (Å²) < 4.78 is 43.5. The molecule has 2 aromatic heterocycles. The molecule has 0 unspecified atom stereocenters. The molecule has 0 atom stereocenters. The molecule has 1 N–H and O–H groups in total. The maximum atomic E-state index is 13.3. The predicted octanol–water partition coefficient (Wildman–Crippen LogP) is 6.19. The molecule has 0 radical (unpaired) electrons. The lowest BCUT2D eigenvalue weighted by Crippen LogP contribution is -2.08. The molecule has 0 fully saturated rings. The molecule has 0 spiro atoms. The molecule has 0 aliphatic carbocycles. The third-order valence-corrected chi connectivity index (χ3v) is 6.19. The van der Waals surface area contributed by atoms with Gasteiger partial charge in [0.1, 0.15) is 0 Å². The summed E-state index contributed by atoms with van der Waals surface area (Å²) in [4.78, 5) is 12.3. The first kappa shape index (κ1) is 21.3. The van der Waals surface area contributed by atoms with Crippen LogP contribution in [0.1, 0.15) is 21.6 Å². The van der Waals surface area contributed by atoms with Crippen molar-refractivity contribution in [1.29, 1.82) is 0 Å². The van der Waals surface area contributed by atoms with Crippen molar-refractivity contribution in [2.75, 3.05) is 0 Å². The number of nitrogens with zero attached hydrogens (tertiary/aromatic N) is 3. The van der Waals surface area contributed by atoms with Gasteiger partial charge in [0.2, 0.25) is 0 Å². The van der Waals surface area contributed by atoms with Crippen molar-refractivity contribution >= 4 is 40.2 Å². The van der Waals surface area contributed by atoms with Gasteiger partial charge in [-0.3, -0.25) is 4.68 Å². The lowest BCUT2D eigenvalue weighted by atomic mass is 10.1. The van der Waals surface area contributed by atoms with Gasteiger partial charge in [-0.15, -0.1) is 0 Å². The van der Waals surface area contributed by atoms with E-state index < -0.39 is 23.3 Å². The minimum Gasteiger partial charge on any atom is -0.478 e. The molecule has 160 valence electrons. The Labute approximate surface area is 184 Å². The molecule has 31 heavy (non-hydrogen) atoms. The number of hydrogen-bond acceptors (Lipinski definition) is 3. The minimum absolute atomic E-state index is 0.176. The first-order valence-electron chi connectivity index (χ1n) is 8.97. The van der Waals surface area contributed by atoms with Crippen LogP contribution in [0.25, 0.3) is 16.6 Å². The Hall–Kier alpha value is -2.91. The Morgan fingerprint density at radius 2 is 1.94 bits per heavy atom. The third-order valence-electron chi connectivity index (χ3n) is 4.76. The summed E-state index contributed by atoms with van der Waals surface area (Å²) in [5.41, 5.74) is 0.880. The van der Waals surface area contributed by atoms with E-state index in [1.165, 1.54) is 6.07 Å². The molecule has 0 aliphatic heterocycles. The monoisotopic (exact) mass is 465 g/mol. The van der Waals surface area contributed by atoms with Crippen molar-refractivity contribution in [2.45, 2.75) is 22.9 Å². The Morgan fingerprint density at radius 3 is 2.55 bits per heavy atom. The summed E-state index contributed by atoms with van der Waals surface area (Å²) >= 11 is 7.28. The Morgan fingerprint density at radius 1 is 1.19 bits per heavy atom. The second-order valence-corrected chi connectivity index (χ2v) is 8.45. The molecule has 5 nitrogen and oxygen atoms in total. The maximum Gasteiger partial charge on any atom is 0.416 e. The van der Waals surface area contributed by atoms with E-state index in [9.17, 15) is 23.1 Å². The fourth-order valence-electron chi connectivity index (χ4n) is 3.41. The van der Waals surface area contributed by atoms with E-state index in [0.717, 1.165) is 40.1 Å². The quantitative estimate of drug-likeness (QED) is 0.390. The number of benzene rings is 2. The molecule has 0 saturated carbocycles. The molecule has 4 rings (SSSR count). The van der Waals surface area contributed by atoms with Crippen LogP contribution in [0, 0.1) is 6.92 Å². The average molecular weight is 466 g/mol. The number of hydrogen-bond donors (Lipinski definition) is 1. The van der Waals surface area contributed by atoms with E-state index in [0.29, 0.717) is 16.0 Å². The van der Waals surface area contributed by atoms with Gasteiger partial charge in [-0.25, -0.2) is 4.79 Å². The van der Waals surface area contributed by atoms with Gasteiger partial charge in [-0.05, 0) is 37.3 Å². The van der Waals surface area contributed by atoms with Crippen LogP contribution in [0.15, 0.2) is 58.6 Å². The Balaban J connectivity index is 1.91. The number of fused-ring (bicyclic) bond motifs is 1. The number of carboxylic acid groups (broad SMARTS) is 1. The molecule has 0 bridgehead atoms. The van der Waals surface area contributed by atoms with Gasteiger partial charge in [-0.1, -0.05) is 29.4 Å². The predicted molar refractivity (Wildman–Crippen MR) is 112 cm³/mol. The molecule has 0 saturated heterocycles. The second kappa shape index (κ2) is 7.65. The topological polar surface area (TPSA) is 60.0 Å². The Kier molecular flexibility index (Phi) is 5.26. The van der Waals surface area contributed by atoms with Crippen molar-refractivity contribution in [2.24, 2.45) is 7.05 Å². The second-order valence-electron chi connectivity index (χ2n) is 6.93. The van der Waals surface area contributed by atoms with Gasteiger partial charge in [-0.2, -0.15) is 18.3 Å². The van der Waals surface area contributed by atoms with E-state index in [4.69, 9.17) is 11.6 Å². The van der Waals surface area contributed by atoms with Gasteiger partial charge >= 0.3 is 12.1 Å². The molecule has 0 aliphatic rings. The van der Waals surface area contributed by atoms with Crippen LogP contribution in [0.5, 0.6) is 0 Å². The highest BCUT2D eigenvalue weighted by molar-refractivity contribution is 7.99. The van der Waals surface area contributed by atoms with Gasteiger partial charge < -0.3 is 9.67 Å². The van der Waals surface area contributed by atoms with Gasteiger partial charge in [0.25, 0.3) is 0 Å². The van der Waals surface area contributed by atoms with Crippen LogP contribution in [0.2, 0.25) is 5.02 Å². The first-order valence-corrected chi connectivity index (χ1v) is 10.2. The number of alkyl halides is 3. The number of carbonyl (C=O) groups is 1. The first-order chi connectivity index (χ1) is 14.5. The summed E-state index contributed by atoms with van der Waals surface area (Å²) in [5.74, 6) is -1.42. The van der Waals surface area contributed by atoms with E-state index in [2.05, 4.69) is 5.10 Å². The lowest BCUT2D eigenvalue weighted by Gasteiger charge is -2.11.